The van der Waals surface area contributed by atoms with E-state index in [1.807, 2.05) is 0 Å². The van der Waals surface area contributed by atoms with Gasteiger partial charge in [0.15, 0.2) is 12.2 Å². The number of aromatic nitrogens is 1. The molecule has 1 aromatic rings. The largest absolute Gasteiger partial charge is 0.224 e. The first-order chi connectivity index (χ1) is 5.47. The van der Waals surface area contributed by atoms with Gasteiger partial charge in [0.1, 0.15) is 0 Å². The van der Waals surface area contributed by atoms with Crippen LogP contribution in [0, 0.1) is 0 Å². The molecule has 0 saturated heterocycles. The average molecular weight is 168 g/mol. The molecular formula is C9H14NS+. The van der Waals surface area contributed by atoms with Gasteiger partial charge in [0.05, 0.1) is 5.38 Å². The van der Waals surface area contributed by atoms with Crippen molar-refractivity contribution >= 4 is 11.3 Å². The minimum Gasteiger partial charge on any atom is -0.193 e. The summed E-state index contributed by atoms with van der Waals surface area (Å²) in [7, 11) is 0. The van der Waals surface area contributed by atoms with E-state index in [1.54, 1.807) is 11.3 Å². The predicted molar refractivity (Wildman–Crippen MR) is 46.6 cm³/mol. The zero-order chi connectivity index (χ0) is 7.52. The van der Waals surface area contributed by atoms with E-state index >= 15 is 0 Å². The van der Waals surface area contributed by atoms with Crippen LogP contribution in [0.5, 0.6) is 0 Å². The summed E-state index contributed by atoms with van der Waals surface area (Å²) in [5.74, 6) is 0. The first kappa shape index (κ1) is 7.29. The van der Waals surface area contributed by atoms with Crippen molar-refractivity contribution in [3.8, 4) is 0 Å². The molecule has 2 heteroatoms. The molecule has 0 aliphatic heterocycles. The van der Waals surface area contributed by atoms with E-state index in [1.165, 1.54) is 32.1 Å². The highest BCUT2D eigenvalue weighted by Crippen LogP contribution is 2.23. The molecule has 0 radical (unpaired) electrons. The third-order valence-electron chi connectivity index (χ3n) is 2.49. The number of hydrogen-bond acceptors (Lipinski definition) is 1. The van der Waals surface area contributed by atoms with Gasteiger partial charge in [-0.15, -0.1) is 0 Å². The first-order valence-corrected chi connectivity index (χ1v) is 5.34. The second kappa shape index (κ2) is 3.35. The van der Waals surface area contributed by atoms with Crippen LogP contribution in [0.1, 0.15) is 38.1 Å². The molecule has 1 aliphatic rings. The van der Waals surface area contributed by atoms with Gasteiger partial charge >= 0.3 is 0 Å². The van der Waals surface area contributed by atoms with Gasteiger partial charge in [-0.25, -0.2) is 0 Å². The van der Waals surface area contributed by atoms with Crippen molar-refractivity contribution in [3.05, 3.63) is 17.1 Å². The molecule has 1 nitrogen and oxygen atoms in total. The van der Waals surface area contributed by atoms with E-state index < -0.39 is 0 Å². The molecule has 0 N–H and O–H groups in total. The lowest BCUT2D eigenvalue weighted by Gasteiger charge is -2.15. The number of rotatable bonds is 1. The molecule has 1 fully saturated rings. The fourth-order valence-corrected chi connectivity index (χ4v) is 2.50. The van der Waals surface area contributed by atoms with Gasteiger partial charge < -0.3 is 0 Å². The van der Waals surface area contributed by atoms with E-state index in [-0.39, 0.29) is 0 Å². The Morgan fingerprint density at radius 2 is 2.00 bits per heavy atom. The van der Waals surface area contributed by atoms with Gasteiger partial charge in [-0.2, -0.15) is 4.57 Å². The Balaban J connectivity index is 2.04. The van der Waals surface area contributed by atoms with Gasteiger partial charge in [-0.05, 0) is 12.8 Å². The maximum Gasteiger partial charge on any atom is 0.224 e. The Hall–Kier alpha value is -0.370. The van der Waals surface area contributed by atoms with Gasteiger partial charge in [0.2, 0.25) is 5.51 Å². The standard InChI is InChI=1S/C9H14NS/c1-2-4-9(5-3-1)10-6-7-11-8-10/h6-9H,1-5H2/q+1. The molecule has 0 atom stereocenters. The molecule has 0 spiro atoms. The Morgan fingerprint density at radius 3 is 2.64 bits per heavy atom. The maximum atomic E-state index is 2.38. The minimum absolute atomic E-state index is 0.815. The summed E-state index contributed by atoms with van der Waals surface area (Å²) in [5.41, 5.74) is 2.23. The molecule has 1 heterocycles. The van der Waals surface area contributed by atoms with Gasteiger partial charge in [0, 0.05) is 12.8 Å². The van der Waals surface area contributed by atoms with Crippen LogP contribution in [0.25, 0.3) is 0 Å². The molecule has 11 heavy (non-hydrogen) atoms. The first-order valence-electron chi connectivity index (χ1n) is 4.40. The van der Waals surface area contributed by atoms with Gasteiger partial charge in [-0.3, -0.25) is 0 Å². The molecule has 1 aliphatic carbocycles. The summed E-state index contributed by atoms with van der Waals surface area (Å²) in [5, 5.41) is 2.16. The molecule has 0 unspecified atom stereocenters. The van der Waals surface area contributed by atoms with Crippen LogP contribution in [0.2, 0.25) is 0 Å². The van der Waals surface area contributed by atoms with Gasteiger partial charge in [0.25, 0.3) is 0 Å². The normalized spacial score (nSPS) is 20.4. The number of nitrogens with zero attached hydrogens (tertiary/aromatic N) is 1. The molecule has 0 amide bonds. The number of thiazole rings is 1. The van der Waals surface area contributed by atoms with Crippen LogP contribution in [-0.2, 0) is 0 Å². The van der Waals surface area contributed by atoms with Crippen LogP contribution in [0.3, 0.4) is 0 Å². The van der Waals surface area contributed by atoms with Crippen molar-refractivity contribution in [1.29, 1.82) is 0 Å². The fourth-order valence-electron chi connectivity index (χ4n) is 1.83. The van der Waals surface area contributed by atoms with Crippen LogP contribution < -0.4 is 4.57 Å². The lowest BCUT2D eigenvalue weighted by atomic mass is 9.95. The van der Waals surface area contributed by atoms with E-state index in [2.05, 4.69) is 21.7 Å². The summed E-state index contributed by atoms with van der Waals surface area (Å²) in [4.78, 5) is 0. The van der Waals surface area contributed by atoms with E-state index in [0.717, 1.165) is 6.04 Å². The van der Waals surface area contributed by atoms with Crippen LogP contribution in [-0.4, -0.2) is 0 Å². The molecule has 1 aromatic heterocycles. The average Bonchev–Trinajstić information content (AvgIpc) is 2.58. The van der Waals surface area contributed by atoms with Crippen LogP contribution >= 0.6 is 11.3 Å². The molecule has 1 saturated carbocycles. The van der Waals surface area contributed by atoms with Crippen molar-refractivity contribution in [2.24, 2.45) is 0 Å². The van der Waals surface area contributed by atoms with Crippen LogP contribution in [0.15, 0.2) is 17.1 Å². The zero-order valence-electron chi connectivity index (χ0n) is 6.70. The van der Waals surface area contributed by atoms with Crippen molar-refractivity contribution in [2.45, 2.75) is 38.1 Å². The highest BCUT2D eigenvalue weighted by molar-refractivity contribution is 7.07. The molecule has 2 rings (SSSR count). The summed E-state index contributed by atoms with van der Waals surface area (Å²) in [6.45, 7) is 0. The Kier molecular flexibility index (Phi) is 2.22. The van der Waals surface area contributed by atoms with E-state index in [0.29, 0.717) is 0 Å². The van der Waals surface area contributed by atoms with Crippen molar-refractivity contribution in [1.82, 2.24) is 0 Å². The van der Waals surface area contributed by atoms with Crippen LogP contribution in [0.4, 0.5) is 0 Å². The Bertz CT molecular complexity index is 199. The zero-order valence-corrected chi connectivity index (χ0v) is 7.52. The fraction of sp³-hybridized carbons (Fsp3) is 0.667. The summed E-state index contributed by atoms with van der Waals surface area (Å²) >= 11 is 1.80. The Labute approximate surface area is 71.7 Å². The highest BCUT2D eigenvalue weighted by Gasteiger charge is 2.20. The van der Waals surface area contributed by atoms with Gasteiger partial charge in [-0.1, -0.05) is 17.8 Å². The lowest BCUT2D eigenvalue weighted by Crippen LogP contribution is -2.37. The maximum absolute atomic E-state index is 2.38. The van der Waals surface area contributed by atoms with Crippen molar-refractivity contribution < 1.29 is 4.57 Å². The number of hydrogen-bond donors (Lipinski definition) is 0. The second-order valence-corrected chi connectivity index (χ2v) is 4.02. The summed E-state index contributed by atoms with van der Waals surface area (Å²) in [6.07, 6.45) is 9.28. The summed E-state index contributed by atoms with van der Waals surface area (Å²) in [6, 6.07) is 0.815. The second-order valence-electron chi connectivity index (χ2n) is 3.27. The smallest absolute Gasteiger partial charge is 0.193 e. The SMILES string of the molecule is c1c[n+](C2CCCCC2)cs1. The van der Waals surface area contributed by atoms with E-state index in [4.69, 9.17) is 0 Å². The van der Waals surface area contributed by atoms with Crippen molar-refractivity contribution in [3.63, 3.8) is 0 Å². The third-order valence-corrected chi connectivity index (χ3v) is 3.13. The lowest BCUT2D eigenvalue weighted by molar-refractivity contribution is -0.721. The Morgan fingerprint density at radius 1 is 1.18 bits per heavy atom. The third kappa shape index (κ3) is 1.62. The van der Waals surface area contributed by atoms with E-state index in [9.17, 15) is 0 Å². The highest BCUT2D eigenvalue weighted by atomic mass is 32.1. The quantitative estimate of drug-likeness (QED) is 0.567. The molecule has 60 valence electrons. The molecule has 0 aromatic carbocycles. The molecule has 0 bridgehead atoms. The topological polar surface area (TPSA) is 3.88 Å². The van der Waals surface area contributed by atoms with Crippen molar-refractivity contribution in [2.75, 3.05) is 0 Å². The molecular weight excluding hydrogens is 154 g/mol. The predicted octanol–water partition coefficient (Wildman–Crippen LogP) is 2.54. The monoisotopic (exact) mass is 168 g/mol. The summed E-state index contributed by atoms with van der Waals surface area (Å²) < 4.78 is 2.38. The minimum atomic E-state index is 0.815.